The fraction of sp³-hybridized carbons (Fsp3) is 0.471. The highest BCUT2D eigenvalue weighted by Gasteiger charge is 2.30. The van der Waals surface area contributed by atoms with Gasteiger partial charge in [-0.15, -0.1) is 0 Å². The number of hydrogen-bond donors (Lipinski definition) is 3. The van der Waals surface area contributed by atoms with Gasteiger partial charge in [0.25, 0.3) is 5.91 Å². The molecular formula is C17H23N7O3. The molecule has 0 aliphatic carbocycles. The number of ether oxygens (including phenoxy) is 1. The Morgan fingerprint density at radius 2 is 2.22 bits per heavy atom. The number of nitrogens with one attached hydrogen (secondary N) is 1. The number of carbonyl (C=O) groups is 1. The van der Waals surface area contributed by atoms with E-state index in [1.165, 1.54) is 18.6 Å². The number of rotatable bonds is 5. The van der Waals surface area contributed by atoms with E-state index in [9.17, 15) is 9.90 Å². The molecule has 3 heterocycles. The van der Waals surface area contributed by atoms with Crippen LogP contribution in [-0.4, -0.2) is 62.3 Å². The molecule has 1 fully saturated rings. The monoisotopic (exact) mass is 373 g/mol. The number of β-amino-alcohol motifs (C(OH)–C–C–N with tert-alkyl or cyclic N) is 1. The Hall–Kier alpha value is -3.01. The van der Waals surface area contributed by atoms with Crippen LogP contribution in [0.25, 0.3) is 0 Å². The van der Waals surface area contributed by atoms with Gasteiger partial charge in [-0.05, 0) is 20.3 Å². The second-order valence-electron chi connectivity index (χ2n) is 6.56. The molecule has 1 saturated heterocycles. The van der Waals surface area contributed by atoms with Crippen molar-refractivity contribution in [1.82, 2.24) is 25.3 Å². The lowest BCUT2D eigenvalue weighted by atomic mass is 10.0. The Kier molecular flexibility index (Phi) is 5.65. The van der Waals surface area contributed by atoms with Crippen molar-refractivity contribution >= 4 is 17.7 Å². The van der Waals surface area contributed by atoms with Crippen molar-refractivity contribution in [1.29, 1.82) is 0 Å². The Balaban J connectivity index is 1.65. The number of aromatic nitrogens is 4. The largest absolute Gasteiger partial charge is 0.475 e. The summed E-state index contributed by atoms with van der Waals surface area (Å²) >= 11 is 0. The molecule has 1 amide bonds. The number of hydrogen-bond acceptors (Lipinski definition) is 9. The van der Waals surface area contributed by atoms with Crippen molar-refractivity contribution in [2.24, 2.45) is 0 Å². The molecule has 10 heteroatoms. The first-order chi connectivity index (χ1) is 12.9. The molecule has 3 rings (SSSR count). The third-order valence-corrected chi connectivity index (χ3v) is 4.08. The molecule has 0 aromatic carbocycles. The van der Waals surface area contributed by atoms with Gasteiger partial charge in [0, 0.05) is 31.5 Å². The lowest BCUT2D eigenvalue weighted by molar-refractivity contribution is 0.0793. The van der Waals surface area contributed by atoms with Crippen molar-refractivity contribution in [3.8, 4) is 5.88 Å². The summed E-state index contributed by atoms with van der Waals surface area (Å²) in [5, 5.41) is 13.3. The van der Waals surface area contributed by atoms with E-state index in [-0.39, 0.29) is 29.7 Å². The fourth-order valence-electron chi connectivity index (χ4n) is 2.86. The topological polar surface area (TPSA) is 139 Å². The minimum Gasteiger partial charge on any atom is -0.475 e. The number of aliphatic hydroxyl groups is 1. The van der Waals surface area contributed by atoms with Gasteiger partial charge in [0.2, 0.25) is 11.8 Å². The number of nitrogens with two attached hydrogens (primary N) is 1. The predicted octanol–water partition coefficient (Wildman–Crippen LogP) is 0.00560. The van der Waals surface area contributed by atoms with Crippen LogP contribution in [0.15, 0.2) is 24.7 Å². The normalized spacial score (nSPS) is 19.8. The Morgan fingerprint density at radius 3 is 2.89 bits per heavy atom. The number of anilines is 2. The average Bonchev–Trinajstić information content (AvgIpc) is 2.63. The molecule has 0 unspecified atom stereocenters. The molecule has 2 aromatic rings. The summed E-state index contributed by atoms with van der Waals surface area (Å²) in [5.41, 5.74) is 5.99. The third kappa shape index (κ3) is 4.79. The molecule has 144 valence electrons. The quantitative estimate of drug-likeness (QED) is 0.661. The van der Waals surface area contributed by atoms with Crippen LogP contribution in [0.3, 0.4) is 0 Å². The van der Waals surface area contributed by atoms with Crippen molar-refractivity contribution in [3.63, 3.8) is 0 Å². The van der Waals surface area contributed by atoms with Gasteiger partial charge >= 0.3 is 0 Å². The maximum atomic E-state index is 12.2. The van der Waals surface area contributed by atoms with Crippen molar-refractivity contribution in [3.05, 3.63) is 30.4 Å². The third-order valence-electron chi connectivity index (χ3n) is 4.08. The summed E-state index contributed by atoms with van der Waals surface area (Å²) in [4.78, 5) is 30.2. The second kappa shape index (κ2) is 8.12. The summed E-state index contributed by atoms with van der Waals surface area (Å²) < 4.78 is 5.59. The minimum atomic E-state index is -0.773. The van der Waals surface area contributed by atoms with Crippen LogP contribution in [-0.2, 0) is 0 Å². The number of nitrogen functional groups attached to an aromatic ring is 1. The molecule has 4 N–H and O–H groups in total. The minimum absolute atomic E-state index is 0.0419. The van der Waals surface area contributed by atoms with Crippen LogP contribution < -0.4 is 20.7 Å². The number of carbonyl (C=O) groups excluding carboxylic acids is 1. The van der Waals surface area contributed by atoms with Crippen LogP contribution in [0.1, 0.15) is 30.8 Å². The molecule has 1 aliphatic heterocycles. The van der Waals surface area contributed by atoms with Crippen LogP contribution in [0.4, 0.5) is 11.8 Å². The molecule has 1 aliphatic rings. The number of nitrogens with zero attached hydrogens (tertiary/aromatic N) is 5. The van der Waals surface area contributed by atoms with E-state index >= 15 is 0 Å². The standard InChI is InChI=1S/C17H23N7O3/c1-10(2)27-15-7-14(22-17(18)23-15)24-6-3-11(13(25)9-24)21-16(26)12-8-19-4-5-20-12/h4-5,7-8,10-11,13,25H,3,6,9H2,1-2H3,(H,21,26)(H2,18,22,23)/t11-,13-/m1/s1. The number of amides is 1. The summed E-state index contributed by atoms with van der Waals surface area (Å²) in [6, 6.07) is 1.31. The molecule has 0 spiro atoms. The van der Waals surface area contributed by atoms with E-state index < -0.39 is 6.10 Å². The van der Waals surface area contributed by atoms with Gasteiger partial charge in [0.15, 0.2) is 0 Å². The maximum absolute atomic E-state index is 12.2. The second-order valence-corrected chi connectivity index (χ2v) is 6.56. The first-order valence-electron chi connectivity index (χ1n) is 8.73. The SMILES string of the molecule is CC(C)Oc1cc(N2CC[C@@H](NC(=O)c3cnccn3)[C@H](O)C2)nc(N)n1. The van der Waals surface area contributed by atoms with Crippen LogP contribution >= 0.6 is 0 Å². The van der Waals surface area contributed by atoms with Gasteiger partial charge in [-0.1, -0.05) is 0 Å². The highest BCUT2D eigenvalue weighted by atomic mass is 16.5. The molecule has 0 bridgehead atoms. The molecule has 27 heavy (non-hydrogen) atoms. The molecule has 2 atom stereocenters. The van der Waals surface area contributed by atoms with E-state index in [1.54, 1.807) is 6.07 Å². The summed E-state index contributed by atoms with van der Waals surface area (Å²) in [5.74, 6) is 0.714. The van der Waals surface area contributed by atoms with Gasteiger partial charge in [-0.3, -0.25) is 9.78 Å². The average molecular weight is 373 g/mol. The molecule has 2 aromatic heterocycles. The van der Waals surface area contributed by atoms with Crippen LogP contribution in [0.5, 0.6) is 5.88 Å². The zero-order valence-electron chi connectivity index (χ0n) is 15.2. The fourth-order valence-corrected chi connectivity index (χ4v) is 2.86. The van der Waals surface area contributed by atoms with Crippen LogP contribution in [0.2, 0.25) is 0 Å². The smallest absolute Gasteiger partial charge is 0.271 e. The predicted molar refractivity (Wildman–Crippen MR) is 98.3 cm³/mol. The number of aliphatic hydroxyl groups excluding tert-OH is 1. The highest BCUT2D eigenvalue weighted by Crippen LogP contribution is 2.23. The first kappa shape index (κ1) is 18.8. The summed E-state index contributed by atoms with van der Waals surface area (Å²) in [6.07, 6.45) is 4.05. The number of piperidine rings is 1. The lowest BCUT2D eigenvalue weighted by Crippen LogP contribution is -2.54. The zero-order chi connectivity index (χ0) is 19.4. The van der Waals surface area contributed by atoms with Crippen LogP contribution in [0, 0.1) is 0 Å². The highest BCUT2D eigenvalue weighted by molar-refractivity contribution is 5.92. The van der Waals surface area contributed by atoms with Crippen molar-refractivity contribution in [2.45, 2.75) is 38.5 Å². The van der Waals surface area contributed by atoms with Crippen molar-refractivity contribution < 1.29 is 14.6 Å². The lowest BCUT2D eigenvalue weighted by Gasteiger charge is -2.36. The van der Waals surface area contributed by atoms with Gasteiger partial charge in [0.1, 0.15) is 11.5 Å². The molecular weight excluding hydrogens is 350 g/mol. The maximum Gasteiger partial charge on any atom is 0.271 e. The van der Waals surface area contributed by atoms with E-state index in [0.717, 1.165) is 0 Å². The zero-order valence-corrected chi connectivity index (χ0v) is 15.2. The van der Waals surface area contributed by atoms with Gasteiger partial charge in [-0.25, -0.2) is 4.98 Å². The van der Waals surface area contributed by atoms with E-state index in [2.05, 4.69) is 25.3 Å². The van der Waals surface area contributed by atoms with E-state index in [0.29, 0.717) is 31.2 Å². The van der Waals surface area contributed by atoms with Gasteiger partial charge in [0.05, 0.1) is 24.4 Å². The Bertz CT molecular complexity index is 787. The Morgan fingerprint density at radius 1 is 1.41 bits per heavy atom. The van der Waals surface area contributed by atoms with Crippen molar-refractivity contribution in [2.75, 3.05) is 23.7 Å². The van der Waals surface area contributed by atoms with Gasteiger partial charge in [-0.2, -0.15) is 9.97 Å². The molecule has 10 nitrogen and oxygen atoms in total. The van der Waals surface area contributed by atoms with Gasteiger partial charge < -0.3 is 25.8 Å². The molecule has 0 radical (unpaired) electrons. The van der Waals surface area contributed by atoms with E-state index in [4.69, 9.17) is 10.5 Å². The summed E-state index contributed by atoms with van der Waals surface area (Å²) in [6.45, 7) is 4.67. The van der Waals surface area contributed by atoms with E-state index in [1.807, 2.05) is 18.7 Å². The summed E-state index contributed by atoms with van der Waals surface area (Å²) in [7, 11) is 0. The first-order valence-corrected chi connectivity index (χ1v) is 8.73. The Labute approximate surface area is 156 Å². The molecule has 0 saturated carbocycles.